The lowest BCUT2D eigenvalue weighted by Gasteiger charge is -2.07. The molecule has 0 N–H and O–H groups in total. The molecule has 4 nitrogen and oxygen atoms in total. The van der Waals surface area contributed by atoms with Crippen molar-refractivity contribution in [3.63, 3.8) is 0 Å². The Morgan fingerprint density at radius 1 is 0.952 bits per heavy atom. The van der Waals surface area contributed by atoms with Crippen LogP contribution in [0, 0.1) is 0 Å². The van der Waals surface area contributed by atoms with Crippen LogP contribution in [0.1, 0.15) is 10.5 Å². The molecule has 0 amide bonds. The van der Waals surface area contributed by atoms with E-state index in [1.165, 1.54) is 7.11 Å². The molecule has 0 unspecified atom stereocenters. The highest BCUT2D eigenvalue weighted by Crippen LogP contribution is 2.25. The lowest BCUT2D eigenvalue weighted by Crippen LogP contribution is -2.03. The van der Waals surface area contributed by atoms with E-state index in [1.54, 1.807) is 6.07 Å². The third-order valence-electron chi connectivity index (χ3n) is 3.03. The molecule has 1 heterocycles. The van der Waals surface area contributed by atoms with Crippen molar-refractivity contribution in [1.29, 1.82) is 0 Å². The maximum Gasteiger partial charge on any atom is 0.356 e. The number of hydrogen-bond donors (Lipinski definition) is 0. The topological polar surface area (TPSA) is 48.4 Å². The number of esters is 1. The molecule has 0 aliphatic heterocycles. The lowest BCUT2D eigenvalue weighted by molar-refractivity contribution is 0.0594. The van der Waals surface area contributed by atoms with Gasteiger partial charge in [0, 0.05) is 5.39 Å². The molecule has 0 fully saturated rings. The minimum absolute atomic E-state index is 0.293. The number of para-hydroxylation sites is 1. The molecule has 3 aromatic rings. The smallest absolute Gasteiger partial charge is 0.356 e. The monoisotopic (exact) mass is 279 g/mol. The maximum absolute atomic E-state index is 11.5. The molecule has 0 bridgehead atoms. The van der Waals surface area contributed by atoms with Gasteiger partial charge in [-0.05, 0) is 36.4 Å². The van der Waals surface area contributed by atoms with E-state index in [0.717, 1.165) is 22.4 Å². The normalized spacial score (nSPS) is 10.3. The number of methoxy groups -OCH3 is 1. The number of fused-ring (bicyclic) bond motifs is 1. The second-order valence-electron chi connectivity index (χ2n) is 4.46. The zero-order chi connectivity index (χ0) is 14.7. The Bertz CT molecular complexity index is 784. The van der Waals surface area contributed by atoms with E-state index in [4.69, 9.17) is 4.74 Å². The van der Waals surface area contributed by atoms with Gasteiger partial charge in [-0.1, -0.05) is 24.3 Å². The average Bonchev–Trinajstić information content (AvgIpc) is 2.54. The molecule has 3 rings (SSSR count). The molecular formula is C17H13NO3. The predicted octanol–water partition coefficient (Wildman–Crippen LogP) is 3.81. The van der Waals surface area contributed by atoms with Crippen LogP contribution in [0.3, 0.4) is 0 Å². The molecule has 0 saturated heterocycles. The van der Waals surface area contributed by atoms with Crippen molar-refractivity contribution in [1.82, 2.24) is 4.98 Å². The van der Waals surface area contributed by atoms with Gasteiger partial charge in [0.25, 0.3) is 0 Å². The summed E-state index contributed by atoms with van der Waals surface area (Å²) in [5.41, 5.74) is 1.01. The summed E-state index contributed by atoms with van der Waals surface area (Å²) in [5, 5.41) is 0.899. The van der Waals surface area contributed by atoms with Crippen LogP contribution >= 0.6 is 0 Å². The number of nitrogens with zero attached hydrogens (tertiary/aromatic N) is 1. The van der Waals surface area contributed by atoms with Crippen molar-refractivity contribution >= 4 is 16.9 Å². The van der Waals surface area contributed by atoms with Crippen molar-refractivity contribution in [2.45, 2.75) is 0 Å². The van der Waals surface area contributed by atoms with E-state index in [0.29, 0.717) is 5.69 Å². The zero-order valence-electron chi connectivity index (χ0n) is 11.4. The number of carbonyl (C=O) groups excluding carboxylic acids is 1. The highest BCUT2D eigenvalue weighted by atomic mass is 16.5. The van der Waals surface area contributed by atoms with E-state index in [1.807, 2.05) is 54.6 Å². The first-order chi connectivity index (χ1) is 10.3. The minimum Gasteiger partial charge on any atom is -0.464 e. The van der Waals surface area contributed by atoms with Gasteiger partial charge in [0.1, 0.15) is 17.2 Å². The fourth-order valence-corrected chi connectivity index (χ4v) is 2.01. The number of carbonyl (C=O) groups is 1. The molecule has 0 radical (unpaired) electrons. The largest absolute Gasteiger partial charge is 0.464 e. The van der Waals surface area contributed by atoms with Gasteiger partial charge in [0.2, 0.25) is 0 Å². The van der Waals surface area contributed by atoms with Crippen LogP contribution in [-0.2, 0) is 4.74 Å². The van der Waals surface area contributed by atoms with Gasteiger partial charge >= 0.3 is 5.97 Å². The first kappa shape index (κ1) is 13.1. The third kappa shape index (κ3) is 2.84. The van der Waals surface area contributed by atoms with Crippen LogP contribution in [0.2, 0.25) is 0 Å². The first-order valence-corrected chi connectivity index (χ1v) is 6.48. The van der Waals surface area contributed by atoms with E-state index < -0.39 is 5.97 Å². The van der Waals surface area contributed by atoms with Crippen molar-refractivity contribution in [2.75, 3.05) is 7.11 Å². The highest BCUT2D eigenvalue weighted by Gasteiger charge is 2.08. The van der Waals surface area contributed by atoms with E-state index in [-0.39, 0.29) is 0 Å². The van der Waals surface area contributed by atoms with Gasteiger partial charge in [0.15, 0.2) is 0 Å². The molecule has 104 valence electrons. The minimum atomic E-state index is -0.443. The van der Waals surface area contributed by atoms with Gasteiger partial charge in [-0.3, -0.25) is 0 Å². The maximum atomic E-state index is 11.5. The lowest BCUT2D eigenvalue weighted by atomic mass is 10.2. The van der Waals surface area contributed by atoms with Gasteiger partial charge in [-0.2, -0.15) is 0 Å². The summed E-state index contributed by atoms with van der Waals surface area (Å²) in [4.78, 5) is 15.7. The Hall–Kier alpha value is -2.88. The molecule has 0 spiro atoms. The second-order valence-corrected chi connectivity index (χ2v) is 4.46. The van der Waals surface area contributed by atoms with Crippen LogP contribution in [-0.4, -0.2) is 18.1 Å². The number of pyridine rings is 1. The molecule has 0 saturated carbocycles. The SMILES string of the molecule is COC(=O)c1ccc2cc(Oc3ccccc3)ccc2n1. The van der Waals surface area contributed by atoms with Crippen molar-refractivity contribution in [3.8, 4) is 11.5 Å². The predicted molar refractivity (Wildman–Crippen MR) is 79.6 cm³/mol. The van der Waals surface area contributed by atoms with Gasteiger partial charge in [-0.25, -0.2) is 9.78 Å². The van der Waals surface area contributed by atoms with Gasteiger partial charge < -0.3 is 9.47 Å². The van der Waals surface area contributed by atoms with Gasteiger partial charge in [-0.15, -0.1) is 0 Å². The number of benzene rings is 2. The molecule has 0 atom stereocenters. The summed E-state index contributed by atoms with van der Waals surface area (Å²) in [7, 11) is 1.34. The number of hydrogen-bond acceptors (Lipinski definition) is 4. The van der Waals surface area contributed by atoms with Crippen molar-refractivity contribution in [2.24, 2.45) is 0 Å². The summed E-state index contributed by atoms with van der Waals surface area (Å²) in [5.74, 6) is 1.05. The van der Waals surface area contributed by atoms with Crippen LogP contribution < -0.4 is 4.74 Å². The fraction of sp³-hybridized carbons (Fsp3) is 0.0588. The van der Waals surface area contributed by atoms with Crippen LogP contribution in [0.15, 0.2) is 60.7 Å². The second kappa shape index (κ2) is 5.63. The van der Waals surface area contributed by atoms with Crippen LogP contribution in [0.4, 0.5) is 0 Å². The zero-order valence-corrected chi connectivity index (χ0v) is 11.4. The Kier molecular flexibility index (Phi) is 3.51. The Labute approximate surface area is 122 Å². The molecule has 4 heteroatoms. The van der Waals surface area contributed by atoms with Crippen molar-refractivity contribution in [3.05, 3.63) is 66.4 Å². The van der Waals surface area contributed by atoms with Crippen molar-refractivity contribution < 1.29 is 14.3 Å². The summed E-state index contributed by atoms with van der Waals surface area (Å²) in [6, 6.07) is 18.5. The molecular weight excluding hydrogens is 266 g/mol. The molecule has 0 aliphatic rings. The quantitative estimate of drug-likeness (QED) is 0.684. The number of ether oxygens (including phenoxy) is 2. The Balaban J connectivity index is 1.92. The summed E-state index contributed by atoms with van der Waals surface area (Å²) in [6.45, 7) is 0. The average molecular weight is 279 g/mol. The third-order valence-corrected chi connectivity index (χ3v) is 3.03. The summed E-state index contributed by atoms with van der Waals surface area (Å²) >= 11 is 0. The number of rotatable bonds is 3. The van der Waals surface area contributed by atoms with E-state index in [9.17, 15) is 4.79 Å². The standard InChI is InChI=1S/C17H13NO3/c1-20-17(19)16-9-7-12-11-14(8-10-15(12)18-16)21-13-5-3-2-4-6-13/h2-11H,1H3. The fourth-order valence-electron chi connectivity index (χ4n) is 2.01. The molecule has 2 aromatic carbocycles. The van der Waals surface area contributed by atoms with Crippen LogP contribution in [0.5, 0.6) is 11.5 Å². The summed E-state index contributed by atoms with van der Waals surface area (Å²) in [6.07, 6.45) is 0. The van der Waals surface area contributed by atoms with Crippen LogP contribution in [0.25, 0.3) is 10.9 Å². The first-order valence-electron chi connectivity index (χ1n) is 6.48. The highest BCUT2D eigenvalue weighted by molar-refractivity contribution is 5.91. The molecule has 1 aromatic heterocycles. The Morgan fingerprint density at radius 2 is 1.76 bits per heavy atom. The molecule has 0 aliphatic carbocycles. The number of aromatic nitrogens is 1. The summed E-state index contributed by atoms with van der Waals surface area (Å²) < 4.78 is 10.4. The van der Waals surface area contributed by atoms with E-state index in [2.05, 4.69) is 9.72 Å². The van der Waals surface area contributed by atoms with Gasteiger partial charge in [0.05, 0.1) is 12.6 Å². The Morgan fingerprint density at radius 3 is 2.52 bits per heavy atom. The van der Waals surface area contributed by atoms with E-state index >= 15 is 0 Å². The molecule has 21 heavy (non-hydrogen) atoms.